The third-order valence-electron chi connectivity index (χ3n) is 4.51. The Kier molecular flexibility index (Phi) is 6.68. The van der Waals surface area contributed by atoms with Gasteiger partial charge in [0, 0.05) is 12.6 Å². The van der Waals surface area contributed by atoms with Crippen LogP contribution in [-0.2, 0) is 9.53 Å². The van der Waals surface area contributed by atoms with Gasteiger partial charge in [-0.1, -0.05) is 12.1 Å². The Morgan fingerprint density at radius 3 is 2.37 bits per heavy atom. The SMILES string of the molecule is O=C(CN1C(=O)c2ccccc2C1=O)OCCCCCNc1ccc([N+](=O)[O-])cn1. The zero-order chi connectivity index (χ0) is 21.5. The van der Waals surface area contributed by atoms with Gasteiger partial charge in [0.25, 0.3) is 17.5 Å². The van der Waals surface area contributed by atoms with Gasteiger partial charge in [-0.25, -0.2) is 4.98 Å². The molecule has 0 bridgehead atoms. The number of pyridine rings is 1. The number of fused-ring (bicyclic) bond motifs is 1. The lowest BCUT2D eigenvalue weighted by atomic mass is 10.1. The number of hydrogen-bond donors (Lipinski definition) is 1. The van der Waals surface area contributed by atoms with Crippen molar-refractivity contribution in [3.05, 3.63) is 63.8 Å². The van der Waals surface area contributed by atoms with E-state index in [1.54, 1.807) is 30.3 Å². The first kappa shape index (κ1) is 20.9. The number of nitrogens with one attached hydrogen (secondary N) is 1. The molecule has 1 aliphatic rings. The van der Waals surface area contributed by atoms with Gasteiger partial charge >= 0.3 is 5.97 Å². The van der Waals surface area contributed by atoms with E-state index in [0.717, 1.165) is 17.7 Å². The number of amides is 2. The number of carbonyl (C=O) groups is 3. The second-order valence-corrected chi connectivity index (χ2v) is 6.61. The molecule has 10 heteroatoms. The fraction of sp³-hybridized carbons (Fsp3) is 0.300. The lowest BCUT2D eigenvalue weighted by molar-refractivity contribution is -0.385. The van der Waals surface area contributed by atoms with Crippen LogP contribution in [0.1, 0.15) is 40.0 Å². The monoisotopic (exact) mass is 412 g/mol. The Labute approximate surface area is 172 Å². The Morgan fingerprint density at radius 1 is 1.07 bits per heavy atom. The van der Waals surface area contributed by atoms with Gasteiger partial charge in [-0.2, -0.15) is 0 Å². The van der Waals surface area contributed by atoms with Crippen LogP contribution in [0.3, 0.4) is 0 Å². The number of nitrogens with zero attached hydrogens (tertiary/aromatic N) is 3. The van der Waals surface area contributed by atoms with E-state index in [2.05, 4.69) is 10.3 Å². The van der Waals surface area contributed by atoms with Crippen LogP contribution in [0.25, 0.3) is 0 Å². The number of esters is 1. The van der Waals surface area contributed by atoms with Crippen molar-refractivity contribution >= 4 is 29.3 Å². The molecule has 0 atom stereocenters. The van der Waals surface area contributed by atoms with Gasteiger partial charge < -0.3 is 10.1 Å². The Balaban J connectivity index is 1.30. The van der Waals surface area contributed by atoms with Crippen molar-refractivity contribution in [2.75, 3.05) is 25.0 Å². The molecule has 0 radical (unpaired) electrons. The number of ether oxygens (including phenoxy) is 1. The fourth-order valence-electron chi connectivity index (χ4n) is 2.96. The van der Waals surface area contributed by atoms with E-state index in [0.29, 0.717) is 29.9 Å². The van der Waals surface area contributed by atoms with Gasteiger partial charge in [0.05, 0.1) is 22.7 Å². The van der Waals surface area contributed by atoms with Crippen LogP contribution in [0, 0.1) is 10.1 Å². The molecule has 0 aliphatic carbocycles. The summed E-state index contributed by atoms with van der Waals surface area (Å²) in [5.41, 5.74) is 0.527. The minimum atomic E-state index is -0.627. The van der Waals surface area contributed by atoms with Crippen molar-refractivity contribution in [1.29, 1.82) is 0 Å². The fourth-order valence-corrected chi connectivity index (χ4v) is 2.96. The molecular formula is C20H20N4O6. The second kappa shape index (κ2) is 9.59. The largest absolute Gasteiger partial charge is 0.464 e. The van der Waals surface area contributed by atoms with E-state index < -0.39 is 29.3 Å². The summed E-state index contributed by atoms with van der Waals surface area (Å²) in [5.74, 6) is -1.05. The van der Waals surface area contributed by atoms with E-state index in [-0.39, 0.29) is 12.3 Å². The summed E-state index contributed by atoms with van der Waals surface area (Å²) >= 11 is 0. The van der Waals surface area contributed by atoms with E-state index >= 15 is 0 Å². The molecule has 1 aliphatic heterocycles. The summed E-state index contributed by atoms with van der Waals surface area (Å²) in [6.45, 7) is 0.408. The van der Waals surface area contributed by atoms with Crippen molar-refractivity contribution < 1.29 is 24.0 Å². The van der Waals surface area contributed by atoms with Gasteiger partial charge in [0.15, 0.2) is 0 Å². The predicted octanol–water partition coefficient (Wildman–Crippen LogP) is 2.41. The molecule has 2 heterocycles. The number of benzene rings is 1. The number of rotatable bonds is 10. The number of unbranched alkanes of at least 4 members (excludes halogenated alkanes) is 2. The molecule has 1 aromatic carbocycles. The topological polar surface area (TPSA) is 132 Å². The minimum absolute atomic E-state index is 0.0661. The van der Waals surface area contributed by atoms with Crippen LogP contribution in [0.5, 0.6) is 0 Å². The first-order chi connectivity index (χ1) is 14.5. The van der Waals surface area contributed by atoms with Crippen LogP contribution in [-0.4, -0.2) is 52.3 Å². The van der Waals surface area contributed by atoms with E-state index in [1.165, 1.54) is 12.3 Å². The number of hydrogen-bond acceptors (Lipinski definition) is 8. The molecule has 0 spiro atoms. The standard InChI is InChI=1S/C20H20N4O6/c25-18(13-23-19(26)15-6-2-3-7-16(15)20(23)27)30-11-5-1-4-10-21-17-9-8-14(12-22-17)24(28)29/h2-3,6-9,12H,1,4-5,10-11,13H2,(H,21,22). The Bertz CT molecular complexity index is 925. The van der Waals surface area contributed by atoms with Crippen LogP contribution >= 0.6 is 0 Å². The Hall–Kier alpha value is -3.82. The molecule has 156 valence electrons. The second-order valence-electron chi connectivity index (χ2n) is 6.61. The van der Waals surface area contributed by atoms with Crippen LogP contribution in [0.15, 0.2) is 42.6 Å². The van der Waals surface area contributed by atoms with Gasteiger partial charge in [-0.3, -0.25) is 29.4 Å². The number of carbonyl (C=O) groups excluding carboxylic acids is 3. The molecule has 0 fully saturated rings. The molecular weight excluding hydrogens is 392 g/mol. The highest BCUT2D eigenvalue weighted by atomic mass is 16.6. The van der Waals surface area contributed by atoms with Crippen molar-refractivity contribution in [3.8, 4) is 0 Å². The predicted molar refractivity (Wildman–Crippen MR) is 106 cm³/mol. The first-order valence-electron chi connectivity index (χ1n) is 9.42. The normalized spacial score (nSPS) is 12.6. The summed E-state index contributed by atoms with van der Waals surface area (Å²) in [5, 5.41) is 13.6. The number of nitro groups is 1. The van der Waals surface area contributed by atoms with Gasteiger partial charge in [0.1, 0.15) is 18.6 Å². The molecule has 0 unspecified atom stereocenters. The lowest BCUT2D eigenvalue weighted by Crippen LogP contribution is -2.35. The third-order valence-corrected chi connectivity index (χ3v) is 4.51. The molecule has 10 nitrogen and oxygen atoms in total. The average molecular weight is 412 g/mol. The van der Waals surface area contributed by atoms with Gasteiger partial charge in [-0.15, -0.1) is 0 Å². The van der Waals surface area contributed by atoms with Gasteiger partial charge in [0.2, 0.25) is 0 Å². The Morgan fingerprint density at radius 2 is 1.77 bits per heavy atom. The highest BCUT2D eigenvalue weighted by Gasteiger charge is 2.36. The van der Waals surface area contributed by atoms with Crippen LogP contribution in [0.2, 0.25) is 0 Å². The summed E-state index contributed by atoms with van der Waals surface area (Å²) in [7, 11) is 0. The number of imide groups is 1. The summed E-state index contributed by atoms with van der Waals surface area (Å²) in [6.07, 6.45) is 3.38. The van der Waals surface area contributed by atoms with Crippen LogP contribution < -0.4 is 5.32 Å². The minimum Gasteiger partial charge on any atom is -0.464 e. The summed E-state index contributed by atoms with van der Waals surface area (Å²) in [6, 6.07) is 9.36. The van der Waals surface area contributed by atoms with Crippen molar-refractivity contribution in [2.45, 2.75) is 19.3 Å². The maximum Gasteiger partial charge on any atom is 0.326 e. The van der Waals surface area contributed by atoms with Crippen molar-refractivity contribution in [1.82, 2.24) is 9.88 Å². The van der Waals surface area contributed by atoms with Gasteiger partial charge in [-0.05, 0) is 37.5 Å². The van der Waals surface area contributed by atoms with Crippen molar-refractivity contribution in [3.63, 3.8) is 0 Å². The van der Waals surface area contributed by atoms with Crippen LogP contribution in [0.4, 0.5) is 11.5 Å². The zero-order valence-corrected chi connectivity index (χ0v) is 16.1. The quantitative estimate of drug-likeness (QED) is 0.207. The maximum absolute atomic E-state index is 12.2. The molecule has 1 N–H and O–H groups in total. The molecule has 30 heavy (non-hydrogen) atoms. The van der Waals surface area contributed by atoms with E-state index in [1.807, 2.05) is 0 Å². The molecule has 0 saturated heterocycles. The van der Waals surface area contributed by atoms with E-state index in [9.17, 15) is 24.5 Å². The van der Waals surface area contributed by atoms with E-state index in [4.69, 9.17) is 4.74 Å². The average Bonchev–Trinajstić information content (AvgIpc) is 2.98. The molecule has 1 aromatic heterocycles. The highest BCUT2D eigenvalue weighted by molar-refractivity contribution is 6.22. The number of aromatic nitrogens is 1. The smallest absolute Gasteiger partial charge is 0.326 e. The molecule has 2 amide bonds. The third kappa shape index (κ3) is 4.96. The zero-order valence-electron chi connectivity index (χ0n) is 16.1. The summed E-state index contributed by atoms with van der Waals surface area (Å²) in [4.78, 5) is 51.3. The highest BCUT2D eigenvalue weighted by Crippen LogP contribution is 2.22. The maximum atomic E-state index is 12.2. The summed E-state index contributed by atoms with van der Waals surface area (Å²) < 4.78 is 5.12. The van der Waals surface area contributed by atoms with Crippen molar-refractivity contribution in [2.24, 2.45) is 0 Å². The first-order valence-corrected chi connectivity index (χ1v) is 9.42. The molecule has 2 aromatic rings. The number of anilines is 1. The molecule has 3 rings (SSSR count). The molecule has 0 saturated carbocycles. The lowest BCUT2D eigenvalue weighted by Gasteiger charge is -2.13.